The maximum atomic E-state index is 14.6. The number of hydrogen-bond acceptors (Lipinski definition) is 6. The van der Waals surface area contributed by atoms with Crippen LogP contribution < -0.4 is 31.4 Å². The van der Waals surface area contributed by atoms with E-state index in [0.717, 1.165) is 36.7 Å². The first-order valence-corrected chi connectivity index (χ1v) is 12.8. The number of carbonyl (C=O) groups excluding carboxylic acids is 2. The minimum atomic E-state index is -5.36. The van der Waals surface area contributed by atoms with Crippen molar-refractivity contribution in [1.82, 2.24) is 14.9 Å². The van der Waals surface area contributed by atoms with Gasteiger partial charge in [-0.25, -0.2) is 4.79 Å². The lowest BCUT2D eigenvalue weighted by atomic mass is 9.85. The third-order valence-corrected chi connectivity index (χ3v) is 7.48. The monoisotopic (exact) mass is 552 g/mol. The van der Waals surface area contributed by atoms with Gasteiger partial charge in [-0.1, -0.05) is 38.2 Å². The van der Waals surface area contributed by atoms with E-state index >= 15 is 0 Å². The predicted molar refractivity (Wildman–Crippen MR) is 135 cm³/mol. The number of nitrogens with zero attached hydrogens (tertiary/aromatic N) is 1. The van der Waals surface area contributed by atoms with E-state index in [9.17, 15) is 32.3 Å². The highest BCUT2D eigenvalue weighted by atomic mass is 19.4. The van der Waals surface area contributed by atoms with Gasteiger partial charge in [0.15, 0.2) is 11.5 Å². The van der Waals surface area contributed by atoms with Crippen LogP contribution in [0.3, 0.4) is 0 Å². The van der Waals surface area contributed by atoms with Crippen molar-refractivity contribution < 1.29 is 32.2 Å². The van der Waals surface area contributed by atoms with Gasteiger partial charge in [0, 0.05) is 13.0 Å². The lowest BCUT2D eigenvalue weighted by Gasteiger charge is -2.30. The molecule has 2 aliphatic rings. The lowest BCUT2D eigenvalue weighted by Crippen LogP contribution is -2.62. The SMILES string of the molecule is COc1ccc(CCn2c3c(c(=O)[nH]c2=O)C(NC(=O)CCC2CCCCC2)(C(F)(F)F)C(=O)N3)cc1OC. The topological polar surface area (TPSA) is 132 Å². The highest BCUT2D eigenvalue weighted by molar-refractivity contribution is 6.07. The van der Waals surface area contributed by atoms with Crippen molar-refractivity contribution in [3.8, 4) is 11.5 Å². The van der Waals surface area contributed by atoms with Crippen molar-refractivity contribution in [2.24, 2.45) is 5.92 Å². The zero-order valence-corrected chi connectivity index (χ0v) is 21.7. The van der Waals surface area contributed by atoms with Crippen LogP contribution >= 0.6 is 0 Å². The highest BCUT2D eigenvalue weighted by Gasteiger charge is 2.68. The van der Waals surface area contributed by atoms with E-state index in [1.54, 1.807) is 18.2 Å². The van der Waals surface area contributed by atoms with Gasteiger partial charge >= 0.3 is 11.9 Å². The molecule has 212 valence electrons. The second kappa shape index (κ2) is 11.1. The highest BCUT2D eigenvalue weighted by Crippen LogP contribution is 2.45. The summed E-state index contributed by atoms with van der Waals surface area (Å²) in [5, 5.41) is 3.88. The summed E-state index contributed by atoms with van der Waals surface area (Å²) in [5.41, 5.74) is -6.43. The Morgan fingerprint density at radius 1 is 1.10 bits per heavy atom. The van der Waals surface area contributed by atoms with E-state index in [1.807, 2.05) is 10.3 Å². The van der Waals surface area contributed by atoms with Gasteiger partial charge in [-0.05, 0) is 36.5 Å². The van der Waals surface area contributed by atoms with Gasteiger partial charge in [0.05, 0.1) is 14.2 Å². The maximum Gasteiger partial charge on any atom is 0.425 e. The number of amides is 2. The molecule has 1 atom stereocenters. The number of methoxy groups -OCH3 is 2. The minimum absolute atomic E-state index is 0.140. The van der Waals surface area contributed by atoms with Gasteiger partial charge in [-0.2, -0.15) is 13.2 Å². The summed E-state index contributed by atoms with van der Waals surface area (Å²) in [6.07, 6.45) is -0.164. The van der Waals surface area contributed by atoms with Crippen molar-refractivity contribution in [1.29, 1.82) is 0 Å². The number of ether oxygens (including phenoxy) is 2. The Morgan fingerprint density at radius 2 is 1.79 bits per heavy atom. The maximum absolute atomic E-state index is 14.6. The van der Waals surface area contributed by atoms with E-state index in [2.05, 4.69) is 5.32 Å². The summed E-state index contributed by atoms with van der Waals surface area (Å²) in [6.45, 7) is -0.183. The van der Waals surface area contributed by atoms with Crippen LogP contribution in [-0.4, -0.2) is 41.8 Å². The van der Waals surface area contributed by atoms with Crippen LogP contribution in [0.15, 0.2) is 27.8 Å². The molecule has 4 rings (SSSR count). The Labute approximate surface area is 221 Å². The van der Waals surface area contributed by atoms with E-state index < -0.39 is 46.2 Å². The molecule has 2 heterocycles. The minimum Gasteiger partial charge on any atom is -0.493 e. The summed E-state index contributed by atoms with van der Waals surface area (Å²) in [6, 6.07) is 4.96. The molecule has 39 heavy (non-hydrogen) atoms. The fourth-order valence-corrected chi connectivity index (χ4v) is 5.40. The third kappa shape index (κ3) is 5.39. The van der Waals surface area contributed by atoms with Crippen LogP contribution in [0.1, 0.15) is 56.1 Å². The molecule has 0 bridgehead atoms. The number of fused-ring (bicyclic) bond motifs is 1. The number of anilines is 1. The Hall–Kier alpha value is -3.77. The van der Waals surface area contributed by atoms with Crippen LogP contribution in [0.5, 0.6) is 11.5 Å². The van der Waals surface area contributed by atoms with Crippen LogP contribution in [-0.2, 0) is 28.1 Å². The Bertz CT molecular complexity index is 1360. The quantitative estimate of drug-likeness (QED) is 0.438. The number of hydrogen-bond donors (Lipinski definition) is 3. The molecule has 1 fully saturated rings. The van der Waals surface area contributed by atoms with Crippen molar-refractivity contribution in [2.75, 3.05) is 19.5 Å². The molecule has 1 aliphatic carbocycles. The first kappa shape index (κ1) is 28.2. The van der Waals surface area contributed by atoms with Crippen molar-refractivity contribution in [2.45, 2.75) is 69.6 Å². The summed E-state index contributed by atoms with van der Waals surface area (Å²) in [7, 11) is 2.90. The molecule has 10 nitrogen and oxygen atoms in total. The second-order valence-corrected chi connectivity index (χ2v) is 9.87. The number of halogens is 3. The number of benzene rings is 1. The average Bonchev–Trinajstić information content (AvgIpc) is 3.20. The van der Waals surface area contributed by atoms with Gasteiger partial charge < -0.3 is 20.1 Å². The molecule has 2 amide bonds. The number of aryl methyl sites for hydroxylation is 1. The molecule has 1 aliphatic heterocycles. The summed E-state index contributed by atoms with van der Waals surface area (Å²) >= 11 is 0. The van der Waals surface area contributed by atoms with E-state index in [4.69, 9.17) is 9.47 Å². The normalized spacial score (nSPS) is 19.4. The average molecular weight is 553 g/mol. The van der Waals surface area contributed by atoms with Gasteiger partial charge in [-0.3, -0.25) is 23.9 Å². The molecule has 0 saturated heterocycles. The number of aromatic amines is 1. The van der Waals surface area contributed by atoms with Gasteiger partial charge in [0.25, 0.3) is 11.5 Å². The fourth-order valence-electron chi connectivity index (χ4n) is 5.40. The predicted octanol–water partition coefficient (Wildman–Crippen LogP) is 2.98. The van der Waals surface area contributed by atoms with Crippen LogP contribution in [0.4, 0.5) is 19.0 Å². The summed E-state index contributed by atoms with van der Waals surface area (Å²) in [5.74, 6) is -2.14. The molecule has 0 radical (unpaired) electrons. The zero-order valence-electron chi connectivity index (χ0n) is 21.7. The smallest absolute Gasteiger partial charge is 0.425 e. The van der Waals surface area contributed by atoms with Crippen LogP contribution in [0, 0.1) is 5.92 Å². The van der Waals surface area contributed by atoms with Crippen molar-refractivity contribution in [3.63, 3.8) is 0 Å². The summed E-state index contributed by atoms with van der Waals surface area (Å²) < 4.78 is 55.0. The number of aromatic nitrogens is 2. The fraction of sp³-hybridized carbons (Fsp3) is 0.538. The number of nitrogens with one attached hydrogen (secondary N) is 3. The van der Waals surface area contributed by atoms with E-state index in [1.165, 1.54) is 14.2 Å². The standard InChI is InChI=1S/C26H31F3N4O6/c1-38-17-10-8-16(14-18(17)39-2)12-13-33-21-20(22(35)31-24(33)37)25(23(36)30-21,26(27,28)29)32-19(34)11-9-15-6-4-3-5-7-15/h8,10,14-15H,3-7,9,11-13H2,1-2H3,(H,30,36)(H,32,34)(H,31,35,37). The number of H-pyrrole nitrogens is 1. The summed E-state index contributed by atoms with van der Waals surface area (Å²) in [4.78, 5) is 53.0. The number of alkyl halides is 3. The van der Waals surface area contributed by atoms with Crippen LogP contribution in [0.25, 0.3) is 0 Å². The molecule has 0 spiro atoms. The van der Waals surface area contributed by atoms with Crippen molar-refractivity contribution in [3.05, 3.63) is 50.2 Å². The molecule has 1 aromatic carbocycles. The third-order valence-electron chi connectivity index (χ3n) is 7.48. The van der Waals surface area contributed by atoms with E-state index in [0.29, 0.717) is 23.5 Å². The first-order valence-electron chi connectivity index (χ1n) is 12.8. The number of rotatable bonds is 9. The van der Waals surface area contributed by atoms with Gasteiger partial charge in [0.1, 0.15) is 11.4 Å². The van der Waals surface area contributed by atoms with Crippen LogP contribution in [0.2, 0.25) is 0 Å². The van der Waals surface area contributed by atoms with E-state index in [-0.39, 0.29) is 25.3 Å². The van der Waals surface area contributed by atoms with Gasteiger partial charge in [-0.15, -0.1) is 0 Å². The molecule has 2 aromatic rings. The molecule has 1 unspecified atom stereocenters. The van der Waals surface area contributed by atoms with Crippen molar-refractivity contribution >= 4 is 17.6 Å². The second-order valence-electron chi connectivity index (χ2n) is 9.87. The first-order chi connectivity index (χ1) is 18.5. The molecular formula is C26H31F3N4O6. The molecule has 1 aromatic heterocycles. The Balaban J connectivity index is 1.66. The number of carbonyl (C=O) groups is 2. The zero-order chi connectivity index (χ0) is 28.4. The largest absolute Gasteiger partial charge is 0.493 e. The molecule has 1 saturated carbocycles. The molecule has 3 N–H and O–H groups in total. The lowest BCUT2D eigenvalue weighted by molar-refractivity contribution is -0.200. The van der Waals surface area contributed by atoms with Gasteiger partial charge in [0.2, 0.25) is 11.4 Å². The molecule has 13 heteroatoms. The Morgan fingerprint density at radius 3 is 2.44 bits per heavy atom. The molecular weight excluding hydrogens is 521 g/mol. The Kier molecular flexibility index (Phi) is 8.07.